The first-order valence-electron chi connectivity index (χ1n) is 8.14. The van der Waals surface area contributed by atoms with Crippen LogP contribution in [-0.2, 0) is 23.2 Å². The van der Waals surface area contributed by atoms with Crippen molar-refractivity contribution in [1.29, 1.82) is 0 Å². The molecule has 0 aliphatic rings. The predicted octanol–water partition coefficient (Wildman–Crippen LogP) is 3.87. The second-order valence-electron chi connectivity index (χ2n) is 5.77. The molecular weight excluding hydrogens is 421 g/mol. The number of hydrogen-bond acceptors (Lipinski definition) is 5. The summed E-state index contributed by atoms with van der Waals surface area (Å²) in [7, 11) is 1.92. The summed E-state index contributed by atoms with van der Waals surface area (Å²) in [6.45, 7) is 0.423. The van der Waals surface area contributed by atoms with Gasteiger partial charge in [-0.1, -0.05) is 35.3 Å². The average molecular weight is 438 g/mol. The van der Waals surface area contributed by atoms with Gasteiger partial charge in [-0.15, -0.1) is 0 Å². The quantitative estimate of drug-likeness (QED) is 0.456. The molecule has 0 fully saturated rings. The van der Waals surface area contributed by atoms with E-state index in [1.807, 2.05) is 35.9 Å². The van der Waals surface area contributed by atoms with E-state index in [0.717, 1.165) is 11.3 Å². The molecule has 0 saturated heterocycles. The number of aromatic hydroxyl groups is 1. The van der Waals surface area contributed by atoms with Crippen LogP contribution in [0, 0.1) is 0 Å². The van der Waals surface area contributed by atoms with Crippen molar-refractivity contribution in [3.8, 4) is 17.0 Å². The van der Waals surface area contributed by atoms with E-state index in [4.69, 9.17) is 43.0 Å². The Bertz CT molecular complexity index is 1020. The number of carbonyl (C=O) groups is 2. The summed E-state index contributed by atoms with van der Waals surface area (Å²) in [5.74, 6) is -2.75. The highest BCUT2D eigenvalue weighted by Gasteiger charge is 2.10. The number of rotatable bonds is 4. The first kappa shape index (κ1) is 22.1. The highest BCUT2D eigenvalue weighted by Crippen LogP contribution is 2.26. The molecule has 3 aromatic rings. The van der Waals surface area contributed by atoms with Crippen LogP contribution in [0.25, 0.3) is 11.3 Å². The Balaban J connectivity index is 0.000000438. The largest absolute Gasteiger partial charge is 0.508 e. The summed E-state index contributed by atoms with van der Waals surface area (Å²) in [6.07, 6.45) is 1.78. The average Bonchev–Trinajstić information content (AvgIpc) is 3.03. The van der Waals surface area contributed by atoms with E-state index in [2.05, 4.69) is 10.3 Å². The number of hydrogen-bond donors (Lipinski definition) is 4. The lowest BCUT2D eigenvalue weighted by Gasteiger charge is -2.10. The number of anilines is 1. The van der Waals surface area contributed by atoms with Gasteiger partial charge < -0.3 is 25.2 Å². The van der Waals surface area contributed by atoms with Gasteiger partial charge in [-0.05, 0) is 30.3 Å². The van der Waals surface area contributed by atoms with E-state index in [-0.39, 0.29) is 5.75 Å². The van der Waals surface area contributed by atoms with Crippen molar-refractivity contribution in [3.63, 3.8) is 0 Å². The number of phenols is 1. The number of carboxylic acid groups (broad SMARTS) is 2. The van der Waals surface area contributed by atoms with Crippen molar-refractivity contribution in [1.82, 2.24) is 9.55 Å². The fourth-order valence-electron chi connectivity index (χ4n) is 2.36. The molecule has 1 heterocycles. The Morgan fingerprint density at radius 2 is 1.72 bits per heavy atom. The molecule has 0 atom stereocenters. The molecule has 0 spiro atoms. The van der Waals surface area contributed by atoms with Gasteiger partial charge in [-0.25, -0.2) is 14.6 Å². The molecule has 0 unspecified atom stereocenters. The third-order valence-corrected chi connectivity index (χ3v) is 4.24. The lowest BCUT2D eigenvalue weighted by atomic mass is 10.2. The smallest absolute Gasteiger partial charge is 0.414 e. The van der Waals surface area contributed by atoms with Crippen LogP contribution in [-0.4, -0.2) is 36.8 Å². The van der Waals surface area contributed by atoms with Crippen LogP contribution in [0.2, 0.25) is 10.0 Å². The lowest BCUT2D eigenvalue weighted by molar-refractivity contribution is -0.159. The van der Waals surface area contributed by atoms with Crippen LogP contribution in [0.4, 0.5) is 5.95 Å². The van der Waals surface area contributed by atoms with Crippen LogP contribution in [0.15, 0.2) is 48.7 Å². The number of phenolic OH excluding ortho intramolecular Hbond substituents is 1. The van der Waals surface area contributed by atoms with Crippen LogP contribution in [0.3, 0.4) is 0 Å². The van der Waals surface area contributed by atoms with Crippen molar-refractivity contribution in [2.75, 3.05) is 5.32 Å². The maximum absolute atomic E-state index is 9.86. The number of halogens is 2. The molecule has 29 heavy (non-hydrogen) atoms. The summed E-state index contributed by atoms with van der Waals surface area (Å²) in [5.41, 5.74) is 2.65. The summed E-state index contributed by atoms with van der Waals surface area (Å²) >= 11 is 12.0. The lowest BCUT2D eigenvalue weighted by Crippen LogP contribution is -2.09. The molecule has 2 aromatic carbocycles. The molecule has 0 bridgehead atoms. The molecule has 10 heteroatoms. The molecule has 0 aliphatic heterocycles. The number of nitrogens with zero attached hydrogens (tertiary/aromatic N) is 2. The zero-order chi connectivity index (χ0) is 21.6. The first-order valence-corrected chi connectivity index (χ1v) is 8.89. The number of imidazole rings is 1. The minimum atomic E-state index is -1.82. The Hall–Kier alpha value is -3.23. The van der Waals surface area contributed by atoms with Crippen LogP contribution in [0.1, 0.15) is 5.56 Å². The molecule has 0 aliphatic carbocycles. The Labute approximate surface area is 176 Å². The van der Waals surface area contributed by atoms with E-state index < -0.39 is 11.9 Å². The van der Waals surface area contributed by atoms with Gasteiger partial charge >= 0.3 is 11.9 Å². The van der Waals surface area contributed by atoms with Crippen molar-refractivity contribution < 1.29 is 24.9 Å². The maximum atomic E-state index is 9.86. The third-order valence-electron chi connectivity index (χ3n) is 3.77. The molecule has 8 nitrogen and oxygen atoms in total. The second-order valence-corrected chi connectivity index (χ2v) is 6.65. The summed E-state index contributed by atoms with van der Waals surface area (Å²) in [4.78, 5) is 22.6. The molecule has 0 amide bonds. The highest BCUT2D eigenvalue weighted by atomic mass is 35.5. The minimum absolute atomic E-state index is 0.200. The number of aromatic nitrogens is 2. The molecule has 0 radical (unpaired) electrons. The van der Waals surface area contributed by atoms with Gasteiger partial charge in [0.15, 0.2) is 0 Å². The molecule has 0 saturated carbocycles. The summed E-state index contributed by atoms with van der Waals surface area (Å²) in [6, 6.07) is 12.6. The SMILES string of the molecule is Cn1c(-c2cccc(Cl)c2)cnc1NCc1cc(Cl)ccc1O.O=C(O)C(=O)O. The standard InChI is InChI=1S/C17H15Cl2N3O.C2H2O4/c1-22-15(11-3-2-4-13(18)7-11)10-21-17(22)20-9-12-8-14(19)5-6-16(12)23;3-1(4)2(5)6/h2-8,10,23H,9H2,1H3,(H,20,21);(H,3,4)(H,5,6). The van der Waals surface area contributed by atoms with Crippen LogP contribution in [0.5, 0.6) is 5.75 Å². The van der Waals surface area contributed by atoms with Gasteiger partial charge in [0.1, 0.15) is 5.75 Å². The topological polar surface area (TPSA) is 125 Å². The number of benzene rings is 2. The van der Waals surface area contributed by atoms with Crippen molar-refractivity contribution in [2.45, 2.75) is 6.54 Å². The molecule has 152 valence electrons. The second kappa shape index (κ2) is 9.81. The van der Waals surface area contributed by atoms with Crippen molar-refractivity contribution in [2.24, 2.45) is 7.05 Å². The maximum Gasteiger partial charge on any atom is 0.414 e. The Morgan fingerprint density at radius 1 is 1.07 bits per heavy atom. The Morgan fingerprint density at radius 3 is 2.34 bits per heavy atom. The predicted molar refractivity (Wildman–Crippen MR) is 109 cm³/mol. The van der Waals surface area contributed by atoms with E-state index in [0.29, 0.717) is 28.1 Å². The van der Waals surface area contributed by atoms with Crippen LogP contribution >= 0.6 is 23.2 Å². The Kier molecular flexibility index (Phi) is 7.46. The van der Waals surface area contributed by atoms with Gasteiger partial charge in [-0.2, -0.15) is 0 Å². The zero-order valence-corrected chi connectivity index (χ0v) is 16.6. The van der Waals surface area contributed by atoms with Gasteiger partial charge in [0.25, 0.3) is 0 Å². The first-order chi connectivity index (χ1) is 13.7. The monoisotopic (exact) mass is 437 g/mol. The van der Waals surface area contributed by atoms with E-state index in [9.17, 15) is 5.11 Å². The minimum Gasteiger partial charge on any atom is -0.508 e. The molecule has 4 N–H and O–H groups in total. The fraction of sp³-hybridized carbons (Fsp3) is 0.105. The highest BCUT2D eigenvalue weighted by molar-refractivity contribution is 6.31. The van der Waals surface area contributed by atoms with E-state index >= 15 is 0 Å². The normalized spacial score (nSPS) is 10.0. The van der Waals surface area contributed by atoms with Gasteiger partial charge in [0.2, 0.25) is 5.95 Å². The molecular formula is C19H17Cl2N3O5. The van der Waals surface area contributed by atoms with Crippen molar-refractivity contribution in [3.05, 3.63) is 64.3 Å². The third kappa shape index (κ3) is 6.13. The van der Waals surface area contributed by atoms with E-state index in [1.165, 1.54) is 0 Å². The van der Waals surface area contributed by atoms with Crippen LogP contribution < -0.4 is 5.32 Å². The number of nitrogens with one attached hydrogen (secondary N) is 1. The number of carboxylic acids is 2. The molecule has 1 aromatic heterocycles. The zero-order valence-electron chi connectivity index (χ0n) is 15.1. The van der Waals surface area contributed by atoms with Gasteiger partial charge in [0.05, 0.1) is 11.9 Å². The number of aliphatic carboxylic acids is 2. The van der Waals surface area contributed by atoms with E-state index in [1.54, 1.807) is 24.4 Å². The fourth-order valence-corrected chi connectivity index (χ4v) is 2.74. The summed E-state index contributed by atoms with van der Waals surface area (Å²) < 4.78 is 1.94. The molecule has 3 rings (SSSR count). The van der Waals surface area contributed by atoms with Crippen molar-refractivity contribution >= 4 is 41.1 Å². The summed E-state index contributed by atoms with van der Waals surface area (Å²) in [5, 5.41) is 29.1. The van der Waals surface area contributed by atoms with Gasteiger partial charge in [0, 0.05) is 34.8 Å². The van der Waals surface area contributed by atoms with Gasteiger partial charge in [-0.3, -0.25) is 0 Å².